The summed E-state index contributed by atoms with van der Waals surface area (Å²) in [5, 5.41) is 23.1. The molecule has 0 fully saturated rings. The number of benzene rings is 1. The van der Waals surface area contributed by atoms with Gasteiger partial charge in [0.05, 0.1) is 12.2 Å². The van der Waals surface area contributed by atoms with Crippen molar-refractivity contribution in [1.29, 1.82) is 0 Å². The molecule has 0 saturated carbocycles. The van der Waals surface area contributed by atoms with Crippen molar-refractivity contribution in [1.82, 2.24) is 9.55 Å². The van der Waals surface area contributed by atoms with Crippen molar-refractivity contribution in [2.45, 2.75) is 69.9 Å². The van der Waals surface area contributed by atoms with Crippen LogP contribution in [0, 0.1) is 0 Å². The summed E-state index contributed by atoms with van der Waals surface area (Å²) in [6.07, 6.45) is 4.71. The largest absolute Gasteiger partial charge is 0.505 e. The zero-order chi connectivity index (χ0) is 28.9. The molecule has 1 unspecified atom stereocenters. The summed E-state index contributed by atoms with van der Waals surface area (Å²) in [4.78, 5) is 17.2. The summed E-state index contributed by atoms with van der Waals surface area (Å²) >= 11 is 0. The summed E-state index contributed by atoms with van der Waals surface area (Å²) in [5.41, 5.74) is 4.26. The number of ether oxygens (including phenoxy) is 1. The Bertz CT molecular complexity index is 1550. The number of aryl methyl sites for hydroxylation is 1. The predicted octanol–water partition coefficient (Wildman–Crippen LogP) is 3.42. The minimum absolute atomic E-state index is 0.0293. The van der Waals surface area contributed by atoms with Crippen molar-refractivity contribution < 1.29 is 33.4 Å². The highest BCUT2D eigenvalue weighted by Gasteiger charge is 2.47. The van der Waals surface area contributed by atoms with Gasteiger partial charge < -0.3 is 28.6 Å². The molecule has 9 nitrogen and oxygen atoms in total. The highest BCUT2D eigenvalue weighted by Crippen LogP contribution is 2.47. The number of aliphatic hydroxyl groups excluding tert-OH is 1. The van der Waals surface area contributed by atoms with Gasteiger partial charge in [-0.15, -0.1) is 0 Å². The van der Waals surface area contributed by atoms with Crippen molar-refractivity contribution >= 4 is 33.5 Å². The average molecular weight is 587 g/mol. The maximum absolute atomic E-state index is 12.4. The molecule has 0 saturated heterocycles. The molecule has 1 aromatic heterocycles. The first-order valence-corrected chi connectivity index (χ1v) is 19.0. The molecule has 3 heterocycles. The number of carbonyl (C=O) groups excluding carboxylic acids is 1. The minimum atomic E-state index is -2.98. The van der Waals surface area contributed by atoms with E-state index in [1.54, 1.807) is 6.92 Å². The van der Waals surface area contributed by atoms with E-state index in [2.05, 4.69) is 37.4 Å². The first-order valence-electron chi connectivity index (χ1n) is 13.9. The van der Waals surface area contributed by atoms with Crippen LogP contribution in [0.2, 0.25) is 25.2 Å². The van der Waals surface area contributed by atoms with E-state index < -0.39 is 27.2 Å². The van der Waals surface area contributed by atoms with Crippen LogP contribution in [0.5, 0.6) is 0 Å². The standard InChI is InChI=1S/C29H39N2O7PSi/c1-6-29(34)23-16-24-26(27(32)22(23)18-38-28(29)33)31-17-21-19(9-7-10-20(21)15-25(31)30-24)11-14-40(4,5)13-8-12-39(35,36-2)37-3/h7,9-10,15,32,34H,6,8,11-14,16-18H2,1-5H3. The molecule has 1 aliphatic carbocycles. The van der Waals surface area contributed by atoms with Crippen molar-refractivity contribution in [2.75, 3.05) is 27.0 Å². The Labute approximate surface area is 235 Å². The smallest absolute Gasteiger partial charge is 0.342 e. The topological polar surface area (TPSA) is 120 Å². The van der Waals surface area contributed by atoms with Gasteiger partial charge in [0, 0.05) is 40.4 Å². The summed E-state index contributed by atoms with van der Waals surface area (Å²) < 4.78 is 29.9. The van der Waals surface area contributed by atoms with Crippen LogP contribution < -0.4 is 10.8 Å². The first-order chi connectivity index (χ1) is 18.9. The molecule has 0 bridgehead atoms. The minimum Gasteiger partial charge on any atom is -0.505 e. The number of rotatable bonds is 10. The second kappa shape index (κ2) is 10.7. The number of carbonyl (C=O) groups is 1. The molecule has 2 N–H and O–H groups in total. The first kappa shape index (κ1) is 29.0. The zero-order valence-corrected chi connectivity index (χ0v) is 25.8. The van der Waals surface area contributed by atoms with Crippen LogP contribution >= 0.6 is 7.60 Å². The van der Waals surface area contributed by atoms with Gasteiger partial charge in [-0.05, 0) is 47.6 Å². The number of hydrogen-bond acceptors (Lipinski definition) is 8. The molecule has 1 atom stereocenters. The molecular weight excluding hydrogens is 547 g/mol. The summed E-state index contributed by atoms with van der Waals surface area (Å²) in [6, 6.07) is 8.50. The Morgan fingerprint density at radius 3 is 2.67 bits per heavy atom. The quantitative estimate of drug-likeness (QED) is 0.211. The molecule has 40 heavy (non-hydrogen) atoms. The zero-order valence-electron chi connectivity index (χ0n) is 24.0. The highest BCUT2D eigenvalue weighted by atomic mass is 31.2. The normalized spacial score (nSPS) is 20.4. The van der Waals surface area contributed by atoms with E-state index in [9.17, 15) is 19.6 Å². The number of imidazole rings is 1. The number of aliphatic hydroxyl groups is 2. The van der Waals surface area contributed by atoms with Crippen LogP contribution in [0.1, 0.15) is 42.1 Å². The van der Waals surface area contributed by atoms with Crippen LogP contribution in [0.25, 0.3) is 11.8 Å². The summed E-state index contributed by atoms with van der Waals surface area (Å²) in [6.45, 7) is 7.00. The molecule has 216 valence electrons. The fraction of sp³-hybridized carbons (Fsp3) is 0.517. The fourth-order valence-corrected chi connectivity index (χ4v) is 9.84. The van der Waals surface area contributed by atoms with Gasteiger partial charge in [0.15, 0.2) is 5.60 Å². The number of fused-ring (bicyclic) bond motifs is 4. The Balaban J connectivity index is 1.40. The molecule has 0 spiro atoms. The monoisotopic (exact) mass is 586 g/mol. The van der Waals surface area contributed by atoms with Gasteiger partial charge >= 0.3 is 13.6 Å². The second-order valence-corrected chi connectivity index (χ2v) is 19.4. The van der Waals surface area contributed by atoms with Crippen LogP contribution in [0.3, 0.4) is 0 Å². The Morgan fingerprint density at radius 2 is 1.98 bits per heavy atom. The number of hydrogen-bond donors (Lipinski definition) is 2. The lowest BCUT2D eigenvalue weighted by atomic mass is 9.80. The third-order valence-electron chi connectivity index (χ3n) is 8.81. The van der Waals surface area contributed by atoms with E-state index in [4.69, 9.17) is 18.8 Å². The number of cyclic esters (lactones) is 1. The average Bonchev–Trinajstić information content (AvgIpc) is 3.30. The number of nitrogens with zero attached hydrogens (tertiary/aromatic N) is 2. The Kier molecular flexibility index (Phi) is 7.78. The molecule has 0 radical (unpaired) electrons. The van der Waals surface area contributed by atoms with Crippen molar-refractivity contribution in [3.63, 3.8) is 0 Å². The van der Waals surface area contributed by atoms with Gasteiger partial charge in [0.1, 0.15) is 23.2 Å². The summed E-state index contributed by atoms with van der Waals surface area (Å²) in [7, 11) is -1.67. The van der Waals surface area contributed by atoms with Crippen molar-refractivity contribution in [3.8, 4) is 0 Å². The van der Waals surface area contributed by atoms with Gasteiger partial charge in [0.25, 0.3) is 0 Å². The molecular formula is C29H39N2O7PSi. The van der Waals surface area contributed by atoms with Crippen molar-refractivity contribution in [3.05, 3.63) is 62.6 Å². The fourth-order valence-electron chi connectivity index (χ4n) is 6.15. The molecule has 3 aliphatic rings. The lowest BCUT2D eigenvalue weighted by molar-refractivity contribution is -0.163. The molecule has 5 rings (SSSR count). The summed E-state index contributed by atoms with van der Waals surface area (Å²) in [5.74, 6) is -0.642. The van der Waals surface area contributed by atoms with Gasteiger partial charge in [0.2, 0.25) is 0 Å². The van der Waals surface area contributed by atoms with E-state index in [0.29, 0.717) is 41.3 Å². The third-order valence-corrected chi connectivity index (χ3v) is 14.1. The van der Waals surface area contributed by atoms with Gasteiger partial charge in [-0.3, -0.25) is 4.57 Å². The van der Waals surface area contributed by atoms with E-state index in [-0.39, 0.29) is 18.8 Å². The SMILES string of the molecule is CCC1(O)C(=O)OCC2=C1Cc1nc3n(c1=C2O)Cc1c(cccc1CC[Si](C)(C)CCCP(=O)(OC)OC)C=3. The number of aromatic nitrogens is 2. The van der Waals surface area contributed by atoms with E-state index in [1.807, 2.05) is 4.57 Å². The molecule has 1 aromatic carbocycles. The van der Waals surface area contributed by atoms with Crippen LogP contribution in [-0.2, 0) is 42.5 Å². The van der Waals surface area contributed by atoms with E-state index in [0.717, 1.165) is 36.0 Å². The Hall–Kier alpha value is -2.49. The van der Waals surface area contributed by atoms with E-state index >= 15 is 0 Å². The Morgan fingerprint density at radius 1 is 1.23 bits per heavy atom. The molecule has 2 aromatic rings. The molecule has 2 aliphatic heterocycles. The van der Waals surface area contributed by atoms with Crippen LogP contribution in [0.4, 0.5) is 0 Å². The lowest BCUT2D eigenvalue weighted by Gasteiger charge is -2.35. The third kappa shape index (κ3) is 5.05. The van der Waals surface area contributed by atoms with Gasteiger partial charge in [-0.1, -0.05) is 50.3 Å². The maximum atomic E-state index is 12.4. The lowest BCUT2D eigenvalue weighted by Crippen LogP contribution is -2.49. The maximum Gasteiger partial charge on any atom is 0.342 e. The number of esters is 1. The van der Waals surface area contributed by atoms with Gasteiger partial charge in [-0.2, -0.15) is 0 Å². The van der Waals surface area contributed by atoms with Crippen LogP contribution in [0.15, 0.2) is 29.3 Å². The van der Waals surface area contributed by atoms with Gasteiger partial charge in [-0.25, -0.2) is 9.78 Å². The predicted molar refractivity (Wildman–Crippen MR) is 155 cm³/mol. The highest BCUT2D eigenvalue weighted by molar-refractivity contribution is 7.53. The molecule has 0 amide bonds. The van der Waals surface area contributed by atoms with E-state index in [1.165, 1.54) is 25.3 Å². The second-order valence-electron chi connectivity index (χ2n) is 11.7. The molecule has 11 heteroatoms. The van der Waals surface area contributed by atoms with Crippen molar-refractivity contribution in [2.24, 2.45) is 0 Å². The van der Waals surface area contributed by atoms with Crippen LogP contribution in [-0.4, -0.2) is 66.4 Å².